The van der Waals surface area contributed by atoms with Gasteiger partial charge < -0.3 is 20.1 Å². The van der Waals surface area contributed by atoms with Crippen LogP contribution in [0.25, 0.3) is 0 Å². The van der Waals surface area contributed by atoms with Gasteiger partial charge in [-0.05, 0) is 31.2 Å². The molecule has 0 spiro atoms. The van der Waals surface area contributed by atoms with Crippen molar-refractivity contribution in [1.29, 1.82) is 0 Å². The van der Waals surface area contributed by atoms with Crippen LogP contribution >= 0.6 is 0 Å². The summed E-state index contributed by atoms with van der Waals surface area (Å²) in [6.07, 6.45) is 1.78. The van der Waals surface area contributed by atoms with E-state index in [9.17, 15) is 19.2 Å². The average Bonchev–Trinajstić information content (AvgIpc) is 3.40. The second-order valence-electron chi connectivity index (χ2n) is 7.19. The molecular weight excluding hydrogens is 378 g/mol. The Balaban J connectivity index is 1.60. The minimum absolute atomic E-state index is 0.126. The molecule has 3 rings (SSSR count). The molecule has 1 aromatic rings. The van der Waals surface area contributed by atoms with Gasteiger partial charge in [0.2, 0.25) is 11.8 Å². The van der Waals surface area contributed by atoms with Gasteiger partial charge in [-0.25, -0.2) is 4.79 Å². The van der Waals surface area contributed by atoms with Crippen LogP contribution < -0.4 is 5.32 Å². The van der Waals surface area contributed by atoms with Crippen LogP contribution in [0.2, 0.25) is 0 Å². The van der Waals surface area contributed by atoms with E-state index in [2.05, 4.69) is 5.32 Å². The van der Waals surface area contributed by atoms with Gasteiger partial charge in [0.05, 0.1) is 0 Å². The van der Waals surface area contributed by atoms with Gasteiger partial charge in [-0.15, -0.1) is 0 Å². The summed E-state index contributed by atoms with van der Waals surface area (Å²) in [5.41, 5.74) is 0.859. The van der Waals surface area contributed by atoms with Crippen LogP contribution in [0, 0.1) is 0 Å². The highest BCUT2D eigenvalue weighted by Gasteiger charge is 2.42. The normalized spacial score (nSPS) is 21.1. The highest BCUT2D eigenvalue weighted by Crippen LogP contribution is 2.25. The maximum absolute atomic E-state index is 13.1. The van der Waals surface area contributed by atoms with E-state index in [0.29, 0.717) is 38.8 Å². The first kappa shape index (κ1) is 20.6. The van der Waals surface area contributed by atoms with Gasteiger partial charge in [0.15, 0.2) is 0 Å². The van der Waals surface area contributed by atoms with Crippen LogP contribution in [0.4, 0.5) is 4.79 Å². The van der Waals surface area contributed by atoms with E-state index in [1.807, 2.05) is 30.3 Å². The van der Waals surface area contributed by atoms with Crippen LogP contribution in [0.5, 0.6) is 0 Å². The largest absolute Gasteiger partial charge is 0.480 e. The number of amides is 3. The predicted octanol–water partition coefficient (Wildman–Crippen LogP) is 0.979. The van der Waals surface area contributed by atoms with Gasteiger partial charge in [-0.3, -0.25) is 19.3 Å². The van der Waals surface area contributed by atoms with Crippen molar-refractivity contribution in [3.05, 3.63) is 35.9 Å². The number of nitrogens with one attached hydrogen (secondary N) is 1. The lowest BCUT2D eigenvalue weighted by Crippen LogP contribution is -2.53. The Morgan fingerprint density at radius 2 is 1.66 bits per heavy atom. The SMILES string of the molecule is O=C(O)CNC(=O)[C@@H]1CCCN1C(=O)[C@@H]1CCCN1C(=O)OCc1ccccc1. The molecule has 0 aromatic heterocycles. The third-order valence-corrected chi connectivity index (χ3v) is 5.23. The minimum atomic E-state index is -1.14. The van der Waals surface area contributed by atoms with Crippen LogP contribution in [-0.4, -0.2) is 70.5 Å². The Labute approximate surface area is 168 Å². The zero-order valence-electron chi connectivity index (χ0n) is 16.1. The number of carboxylic acids is 1. The summed E-state index contributed by atoms with van der Waals surface area (Å²) < 4.78 is 5.37. The number of rotatable bonds is 6. The highest BCUT2D eigenvalue weighted by atomic mass is 16.6. The summed E-state index contributed by atoms with van der Waals surface area (Å²) >= 11 is 0. The fourth-order valence-corrected chi connectivity index (χ4v) is 3.82. The van der Waals surface area contributed by atoms with Crippen LogP contribution in [-0.2, 0) is 25.7 Å². The smallest absolute Gasteiger partial charge is 0.410 e. The Morgan fingerprint density at radius 3 is 2.34 bits per heavy atom. The topological polar surface area (TPSA) is 116 Å². The Hall–Kier alpha value is -3.10. The molecule has 0 unspecified atom stereocenters. The summed E-state index contributed by atoms with van der Waals surface area (Å²) in [6.45, 7) is 0.473. The van der Waals surface area contributed by atoms with Crippen LogP contribution in [0.1, 0.15) is 31.2 Å². The lowest BCUT2D eigenvalue weighted by molar-refractivity contribution is -0.142. The fourth-order valence-electron chi connectivity index (χ4n) is 3.82. The first-order chi connectivity index (χ1) is 14.0. The summed E-state index contributed by atoms with van der Waals surface area (Å²) in [5, 5.41) is 11.1. The van der Waals surface area contributed by atoms with Crippen LogP contribution in [0.3, 0.4) is 0 Å². The van der Waals surface area contributed by atoms with E-state index >= 15 is 0 Å². The van der Waals surface area contributed by atoms with E-state index in [-0.39, 0.29) is 12.5 Å². The third kappa shape index (κ3) is 5.04. The Morgan fingerprint density at radius 1 is 1.00 bits per heavy atom. The molecule has 3 amide bonds. The van der Waals surface area contributed by atoms with E-state index in [1.54, 1.807) is 0 Å². The maximum Gasteiger partial charge on any atom is 0.410 e. The number of aliphatic carboxylic acids is 1. The number of likely N-dealkylation sites (tertiary alicyclic amines) is 2. The van der Waals surface area contributed by atoms with Gasteiger partial charge in [0.1, 0.15) is 25.2 Å². The first-order valence-corrected chi connectivity index (χ1v) is 9.74. The molecule has 1 aromatic carbocycles. The molecular formula is C20H25N3O6. The maximum atomic E-state index is 13.1. The summed E-state index contributed by atoms with van der Waals surface area (Å²) in [4.78, 5) is 51.4. The Bertz CT molecular complexity index is 769. The predicted molar refractivity (Wildman–Crippen MR) is 102 cm³/mol. The van der Waals surface area contributed by atoms with Crippen molar-refractivity contribution >= 4 is 23.9 Å². The van der Waals surface area contributed by atoms with Crippen molar-refractivity contribution in [2.75, 3.05) is 19.6 Å². The number of hydrogen-bond donors (Lipinski definition) is 2. The van der Waals surface area contributed by atoms with Gasteiger partial charge in [0.25, 0.3) is 0 Å². The van der Waals surface area contributed by atoms with Crippen molar-refractivity contribution in [1.82, 2.24) is 15.1 Å². The van der Waals surface area contributed by atoms with E-state index in [4.69, 9.17) is 9.84 Å². The summed E-state index contributed by atoms with van der Waals surface area (Å²) in [7, 11) is 0. The van der Waals surface area contributed by atoms with E-state index in [1.165, 1.54) is 9.80 Å². The lowest BCUT2D eigenvalue weighted by atomic mass is 10.1. The zero-order chi connectivity index (χ0) is 20.8. The molecule has 0 saturated carbocycles. The number of carboxylic acid groups (broad SMARTS) is 1. The average molecular weight is 403 g/mol. The number of hydrogen-bond acceptors (Lipinski definition) is 5. The molecule has 2 heterocycles. The van der Waals surface area contributed by atoms with Crippen molar-refractivity contribution in [3.8, 4) is 0 Å². The molecule has 2 fully saturated rings. The van der Waals surface area contributed by atoms with Crippen molar-refractivity contribution in [2.24, 2.45) is 0 Å². The molecule has 9 heteroatoms. The minimum Gasteiger partial charge on any atom is -0.480 e. The lowest BCUT2D eigenvalue weighted by Gasteiger charge is -2.30. The summed E-state index contributed by atoms with van der Waals surface area (Å²) in [5.74, 6) is -1.90. The number of benzene rings is 1. The summed E-state index contributed by atoms with van der Waals surface area (Å²) in [6, 6.07) is 7.92. The molecule has 2 saturated heterocycles. The molecule has 0 bridgehead atoms. The standard InChI is InChI=1S/C20H25N3O6/c24-17(25)12-21-18(26)15-8-4-10-22(15)19(27)16-9-5-11-23(16)20(28)29-13-14-6-2-1-3-7-14/h1-3,6-7,15-16H,4-5,8-13H2,(H,21,26)(H,24,25)/t15-,16-/m0/s1. The van der Waals surface area contributed by atoms with Crippen molar-refractivity contribution in [2.45, 2.75) is 44.4 Å². The fraction of sp³-hybridized carbons (Fsp3) is 0.500. The zero-order valence-corrected chi connectivity index (χ0v) is 16.1. The molecule has 156 valence electrons. The number of carbonyl (C=O) groups excluding carboxylic acids is 3. The molecule has 2 aliphatic heterocycles. The van der Waals surface area contributed by atoms with Crippen LogP contribution in [0.15, 0.2) is 30.3 Å². The molecule has 2 aliphatic rings. The molecule has 0 aliphatic carbocycles. The second-order valence-corrected chi connectivity index (χ2v) is 7.19. The molecule has 29 heavy (non-hydrogen) atoms. The van der Waals surface area contributed by atoms with E-state index in [0.717, 1.165) is 5.56 Å². The van der Waals surface area contributed by atoms with Gasteiger partial charge in [-0.1, -0.05) is 30.3 Å². The highest BCUT2D eigenvalue weighted by molar-refractivity contribution is 5.93. The van der Waals surface area contributed by atoms with Gasteiger partial charge >= 0.3 is 12.1 Å². The van der Waals surface area contributed by atoms with Gasteiger partial charge in [-0.2, -0.15) is 0 Å². The van der Waals surface area contributed by atoms with Gasteiger partial charge in [0, 0.05) is 13.1 Å². The molecule has 9 nitrogen and oxygen atoms in total. The van der Waals surface area contributed by atoms with E-state index < -0.39 is 36.6 Å². The third-order valence-electron chi connectivity index (χ3n) is 5.23. The molecule has 0 radical (unpaired) electrons. The number of ether oxygens (including phenoxy) is 1. The van der Waals surface area contributed by atoms with Crippen molar-refractivity contribution in [3.63, 3.8) is 0 Å². The Kier molecular flexibility index (Phi) is 6.69. The monoisotopic (exact) mass is 403 g/mol. The number of nitrogens with zero attached hydrogens (tertiary/aromatic N) is 2. The first-order valence-electron chi connectivity index (χ1n) is 9.74. The molecule has 2 N–H and O–H groups in total. The molecule has 2 atom stereocenters. The quantitative estimate of drug-likeness (QED) is 0.731. The van der Waals surface area contributed by atoms with Crippen molar-refractivity contribution < 1.29 is 29.0 Å². The second kappa shape index (κ2) is 9.40. The number of carbonyl (C=O) groups is 4.